The van der Waals surface area contributed by atoms with E-state index in [0.717, 1.165) is 17.8 Å². The molecule has 23 heavy (non-hydrogen) atoms. The molecular weight excluding hydrogens is 308 g/mol. The standard InChI is InChI=1S/C18H20N2O2S/c1-13(2)20-16-8-4-3-7-15(16)19(12-18(20)22)17(21)10-9-14-6-5-11-23-14/h3-8,11,13H,9-10,12H2,1-2H3. The van der Waals surface area contributed by atoms with Crippen LogP contribution in [0.1, 0.15) is 25.1 Å². The van der Waals surface area contributed by atoms with Crippen molar-refractivity contribution >= 4 is 34.5 Å². The molecule has 1 aromatic carbocycles. The molecule has 120 valence electrons. The fraction of sp³-hybridized carbons (Fsp3) is 0.333. The number of aryl methyl sites for hydroxylation is 1. The number of fused-ring (bicyclic) bond motifs is 1. The van der Waals surface area contributed by atoms with E-state index in [1.54, 1.807) is 21.1 Å². The number of hydrogen-bond donors (Lipinski definition) is 0. The first-order valence-corrected chi connectivity index (χ1v) is 8.69. The Hall–Kier alpha value is -2.14. The molecule has 0 atom stereocenters. The molecule has 5 heteroatoms. The van der Waals surface area contributed by atoms with Crippen molar-refractivity contribution in [2.24, 2.45) is 0 Å². The van der Waals surface area contributed by atoms with Crippen LogP contribution >= 0.6 is 11.3 Å². The van der Waals surface area contributed by atoms with Gasteiger partial charge in [0.25, 0.3) is 0 Å². The topological polar surface area (TPSA) is 40.6 Å². The first kappa shape index (κ1) is 15.7. The van der Waals surface area contributed by atoms with Gasteiger partial charge in [0.1, 0.15) is 6.54 Å². The summed E-state index contributed by atoms with van der Waals surface area (Å²) in [6, 6.07) is 11.7. The van der Waals surface area contributed by atoms with Crippen LogP contribution in [0.2, 0.25) is 0 Å². The zero-order valence-electron chi connectivity index (χ0n) is 13.4. The van der Waals surface area contributed by atoms with Crippen LogP contribution in [0.3, 0.4) is 0 Å². The van der Waals surface area contributed by atoms with E-state index in [0.29, 0.717) is 6.42 Å². The van der Waals surface area contributed by atoms with Crippen molar-refractivity contribution in [1.29, 1.82) is 0 Å². The Bertz CT molecular complexity index is 710. The van der Waals surface area contributed by atoms with Gasteiger partial charge in [-0.25, -0.2) is 0 Å². The first-order chi connectivity index (χ1) is 11.1. The summed E-state index contributed by atoms with van der Waals surface area (Å²) in [5.74, 6) is -0.0224. The second kappa shape index (κ2) is 6.54. The molecule has 1 aromatic heterocycles. The highest BCUT2D eigenvalue weighted by atomic mass is 32.1. The minimum absolute atomic E-state index is 0.00241. The molecule has 0 unspecified atom stereocenters. The van der Waals surface area contributed by atoms with Gasteiger partial charge in [0.15, 0.2) is 0 Å². The summed E-state index contributed by atoms with van der Waals surface area (Å²) >= 11 is 1.66. The van der Waals surface area contributed by atoms with E-state index in [1.807, 2.05) is 55.6 Å². The van der Waals surface area contributed by atoms with E-state index in [9.17, 15) is 9.59 Å². The molecule has 0 spiro atoms. The highest BCUT2D eigenvalue weighted by Crippen LogP contribution is 2.35. The number of para-hydroxylation sites is 2. The minimum Gasteiger partial charge on any atom is -0.306 e. The van der Waals surface area contributed by atoms with Gasteiger partial charge in [0.2, 0.25) is 11.8 Å². The molecule has 1 aliphatic heterocycles. The Kier molecular flexibility index (Phi) is 4.48. The van der Waals surface area contributed by atoms with Gasteiger partial charge in [-0.05, 0) is 43.8 Å². The van der Waals surface area contributed by atoms with Crippen LogP contribution in [0.25, 0.3) is 0 Å². The van der Waals surface area contributed by atoms with Crippen LogP contribution in [0.15, 0.2) is 41.8 Å². The van der Waals surface area contributed by atoms with Gasteiger partial charge in [-0.15, -0.1) is 11.3 Å². The Balaban J connectivity index is 1.83. The van der Waals surface area contributed by atoms with Gasteiger partial charge in [0, 0.05) is 17.3 Å². The van der Waals surface area contributed by atoms with Crippen molar-refractivity contribution in [3.63, 3.8) is 0 Å². The molecule has 0 aliphatic carbocycles. The molecule has 0 N–H and O–H groups in total. The zero-order valence-corrected chi connectivity index (χ0v) is 14.2. The maximum atomic E-state index is 12.6. The number of carbonyl (C=O) groups is 2. The summed E-state index contributed by atoms with van der Waals surface area (Å²) < 4.78 is 0. The molecule has 4 nitrogen and oxygen atoms in total. The number of thiophene rings is 1. The molecule has 0 fully saturated rings. The Morgan fingerprint density at radius 3 is 2.57 bits per heavy atom. The lowest BCUT2D eigenvalue weighted by atomic mass is 10.1. The number of anilines is 2. The van der Waals surface area contributed by atoms with Crippen molar-refractivity contribution in [2.45, 2.75) is 32.7 Å². The molecule has 2 heterocycles. The summed E-state index contributed by atoms with van der Waals surface area (Å²) in [4.78, 5) is 29.7. The van der Waals surface area contributed by atoms with E-state index in [-0.39, 0.29) is 24.4 Å². The van der Waals surface area contributed by atoms with E-state index in [4.69, 9.17) is 0 Å². The zero-order chi connectivity index (χ0) is 16.4. The van der Waals surface area contributed by atoms with Gasteiger partial charge in [0.05, 0.1) is 11.4 Å². The molecule has 0 saturated heterocycles. The minimum atomic E-state index is -0.0248. The van der Waals surface area contributed by atoms with E-state index >= 15 is 0 Å². The highest BCUT2D eigenvalue weighted by molar-refractivity contribution is 7.09. The molecular formula is C18H20N2O2S. The average molecular weight is 328 g/mol. The number of amides is 2. The fourth-order valence-corrected chi connectivity index (χ4v) is 3.64. The predicted molar refractivity (Wildman–Crippen MR) is 94.1 cm³/mol. The Morgan fingerprint density at radius 2 is 1.91 bits per heavy atom. The third-order valence-corrected chi connectivity index (χ3v) is 4.91. The van der Waals surface area contributed by atoms with Crippen molar-refractivity contribution in [2.75, 3.05) is 16.3 Å². The molecule has 2 aromatic rings. The van der Waals surface area contributed by atoms with Crippen LogP contribution < -0.4 is 9.80 Å². The van der Waals surface area contributed by atoms with E-state index in [1.165, 1.54) is 4.88 Å². The van der Waals surface area contributed by atoms with Crippen LogP contribution in [-0.2, 0) is 16.0 Å². The van der Waals surface area contributed by atoms with Crippen molar-refractivity contribution in [1.82, 2.24) is 0 Å². The lowest BCUT2D eigenvalue weighted by Crippen LogP contribution is -2.50. The second-order valence-corrected chi connectivity index (χ2v) is 6.94. The number of carbonyl (C=O) groups excluding carboxylic acids is 2. The van der Waals surface area contributed by atoms with Crippen LogP contribution in [0, 0.1) is 0 Å². The lowest BCUT2D eigenvalue weighted by molar-refractivity contribution is -0.123. The molecule has 0 saturated carbocycles. The summed E-state index contributed by atoms with van der Waals surface area (Å²) in [5.41, 5.74) is 1.65. The highest BCUT2D eigenvalue weighted by Gasteiger charge is 2.33. The normalized spacial score (nSPS) is 14.3. The van der Waals surface area contributed by atoms with Crippen molar-refractivity contribution in [3.05, 3.63) is 46.7 Å². The molecule has 1 aliphatic rings. The van der Waals surface area contributed by atoms with Crippen LogP contribution in [-0.4, -0.2) is 24.4 Å². The van der Waals surface area contributed by atoms with Crippen molar-refractivity contribution in [3.8, 4) is 0 Å². The van der Waals surface area contributed by atoms with Crippen LogP contribution in [0.4, 0.5) is 11.4 Å². The van der Waals surface area contributed by atoms with Gasteiger partial charge >= 0.3 is 0 Å². The first-order valence-electron chi connectivity index (χ1n) is 7.81. The average Bonchev–Trinajstić information content (AvgIpc) is 3.04. The van der Waals surface area contributed by atoms with Crippen molar-refractivity contribution < 1.29 is 9.59 Å². The number of rotatable bonds is 4. The van der Waals surface area contributed by atoms with Gasteiger partial charge in [-0.2, -0.15) is 0 Å². The van der Waals surface area contributed by atoms with E-state index < -0.39 is 0 Å². The predicted octanol–water partition coefficient (Wildman–Crippen LogP) is 3.47. The number of nitrogens with zero attached hydrogens (tertiary/aromatic N) is 2. The van der Waals surface area contributed by atoms with Gasteiger partial charge in [-0.1, -0.05) is 18.2 Å². The second-order valence-electron chi connectivity index (χ2n) is 5.91. The van der Waals surface area contributed by atoms with Crippen LogP contribution in [0.5, 0.6) is 0 Å². The quantitative estimate of drug-likeness (QED) is 0.862. The largest absolute Gasteiger partial charge is 0.306 e. The third kappa shape index (κ3) is 3.15. The third-order valence-electron chi connectivity index (χ3n) is 3.98. The monoisotopic (exact) mass is 328 g/mol. The van der Waals surface area contributed by atoms with Gasteiger partial charge < -0.3 is 9.80 Å². The Labute approximate surface area is 140 Å². The molecule has 2 amide bonds. The molecule has 0 bridgehead atoms. The van der Waals surface area contributed by atoms with E-state index in [2.05, 4.69) is 0 Å². The summed E-state index contributed by atoms with van der Waals surface area (Å²) in [5, 5.41) is 2.01. The van der Waals surface area contributed by atoms with Gasteiger partial charge in [-0.3, -0.25) is 9.59 Å². The molecule has 3 rings (SSSR count). The Morgan fingerprint density at radius 1 is 1.17 bits per heavy atom. The maximum absolute atomic E-state index is 12.6. The SMILES string of the molecule is CC(C)N1C(=O)CN(C(=O)CCc2cccs2)c2ccccc21. The number of benzene rings is 1. The summed E-state index contributed by atoms with van der Waals surface area (Å²) in [6.07, 6.45) is 1.14. The smallest absolute Gasteiger partial charge is 0.247 e. The maximum Gasteiger partial charge on any atom is 0.247 e. The fourth-order valence-electron chi connectivity index (χ4n) is 2.94. The summed E-state index contributed by atoms with van der Waals surface area (Å²) in [7, 11) is 0. The molecule has 0 radical (unpaired) electrons. The summed E-state index contributed by atoms with van der Waals surface area (Å²) in [6.45, 7) is 4.10. The number of hydrogen-bond acceptors (Lipinski definition) is 3. The lowest BCUT2D eigenvalue weighted by Gasteiger charge is -2.38.